The maximum atomic E-state index is 13.1. The van der Waals surface area contributed by atoms with Gasteiger partial charge in [0.05, 0.1) is 0 Å². The van der Waals surface area contributed by atoms with Crippen LogP contribution >= 0.6 is 0 Å². The summed E-state index contributed by atoms with van der Waals surface area (Å²) in [6.45, 7) is 3.80. The highest BCUT2D eigenvalue weighted by atomic mass is 16.2. The molecule has 0 radical (unpaired) electrons. The molecule has 2 aromatic rings. The number of urea groups is 1. The Balaban J connectivity index is 1.69. The summed E-state index contributed by atoms with van der Waals surface area (Å²) in [5, 5.41) is 2.33. The fourth-order valence-electron chi connectivity index (χ4n) is 4.60. The van der Waals surface area contributed by atoms with Crippen molar-refractivity contribution < 1.29 is 19.2 Å². The zero-order chi connectivity index (χ0) is 23.0. The third-order valence-corrected chi connectivity index (χ3v) is 6.25. The van der Waals surface area contributed by atoms with Gasteiger partial charge in [-0.1, -0.05) is 19.3 Å². The topological polar surface area (TPSA) is 114 Å². The van der Waals surface area contributed by atoms with Crippen LogP contribution in [-0.2, 0) is 9.59 Å². The van der Waals surface area contributed by atoms with Gasteiger partial charge in [-0.15, -0.1) is 0 Å². The second-order valence-electron chi connectivity index (χ2n) is 8.36. The Labute approximate surface area is 186 Å². The number of carbonyl (C=O) groups excluding carboxylic acids is 4. The standard InChI is InChI=1S/C24H26N4O4/c1-14-12-17(15(2)27(14)19-10-8-16(9-11-19)21(25)29)13-20-22(30)26-24(32)28(23(20)31)18-6-4-3-5-7-18/h8-13,18H,3-7H2,1-2H3,(H2,25,29)(H,26,30,32). The van der Waals surface area contributed by atoms with E-state index in [9.17, 15) is 19.2 Å². The number of imide groups is 2. The fraction of sp³-hybridized carbons (Fsp3) is 0.333. The lowest BCUT2D eigenvalue weighted by Crippen LogP contribution is -2.58. The van der Waals surface area contributed by atoms with Gasteiger partial charge in [0.2, 0.25) is 5.91 Å². The predicted molar refractivity (Wildman–Crippen MR) is 119 cm³/mol. The molecule has 2 heterocycles. The van der Waals surface area contributed by atoms with E-state index < -0.39 is 23.8 Å². The van der Waals surface area contributed by atoms with Crippen molar-refractivity contribution in [2.45, 2.75) is 52.0 Å². The van der Waals surface area contributed by atoms with E-state index >= 15 is 0 Å². The van der Waals surface area contributed by atoms with Crippen LogP contribution in [0.4, 0.5) is 4.79 Å². The summed E-state index contributed by atoms with van der Waals surface area (Å²) in [5.74, 6) is -1.72. The van der Waals surface area contributed by atoms with Gasteiger partial charge in [-0.05, 0) is 68.7 Å². The number of hydrogen-bond donors (Lipinski definition) is 2. The van der Waals surface area contributed by atoms with E-state index in [4.69, 9.17) is 5.73 Å². The molecule has 1 aromatic carbocycles. The Morgan fingerprint density at radius 1 is 1.06 bits per heavy atom. The van der Waals surface area contributed by atoms with E-state index in [-0.39, 0.29) is 11.6 Å². The van der Waals surface area contributed by atoms with E-state index in [1.165, 1.54) is 4.90 Å². The smallest absolute Gasteiger partial charge is 0.331 e. The van der Waals surface area contributed by atoms with E-state index in [0.717, 1.165) is 49.2 Å². The highest BCUT2D eigenvalue weighted by Gasteiger charge is 2.40. The number of nitrogens with zero attached hydrogens (tertiary/aromatic N) is 2. The molecule has 32 heavy (non-hydrogen) atoms. The molecular formula is C24H26N4O4. The zero-order valence-electron chi connectivity index (χ0n) is 18.2. The number of primary amides is 1. The van der Waals surface area contributed by atoms with Gasteiger partial charge in [0.25, 0.3) is 11.8 Å². The monoisotopic (exact) mass is 434 g/mol. The fourth-order valence-corrected chi connectivity index (χ4v) is 4.60. The largest absolute Gasteiger partial charge is 0.366 e. The van der Waals surface area contributed by atoms with Crippen LogP contribution in [0.2, 0.25) is 0 Å². The SMILES string of the molecule is Cc1cc(C=C2C(=O)NC(=O)N(C3CCCCC3)C2=O)c(C)n1-c1ccc(C(N)=O)cc1. The average molecular weight is 434 g/mol. The Kier molecular flexibility index (Phi) is 5.69. The number of aromatic nitrogens is 1. The number of nitrogens with two attached hydrogens (primary N) is 1. The highest BCUT2D eigenvalue weighted by molar-refractivity contribution is 6.31. The van der Waals surface area contributed by atoms with Crippen LogP contribution in [0, 0.1) is 13.8 Å². The molecule has 0 atom stereocenters. The third kappa shape index (κ3) is 3.84. The summed E-state index contributed by atoms with van der Waals surface area (Å²) in [4.78, 5) is 50.6. The Morgan fingerprint density at radius 2 is 1.72 bits per heavy atom. The van der Waals surface area contributed by atoms with E-state index in [1.807, 2.05) is 24.5 Å². The molecular weight excluding hydrogens is 408 g/mol. The number of carbonyl (C=O) groups is 4. The van der Waals surface area contributed by atoms with Crippen molar-refractivity contribution >= 4 is 29.8 Å². The molecule has 8 nitrogen and oxygen atoms in total. The van der Waals surface area contributed by atoms with Gasteiger partial charge >= 0.3 is 6.03 Å². The Bertz CT molecular complexity index is 1140. The number of barbiturate groups is 1. The summed E-state index contributed by atoms with van der Waals surface area (Å²) in [5.41, 5.74) is 8.94. The van der Waals surface area contributed by atoms with Crippen molar-refractivity contribution in [2.24, 2.45) is 5.73 Å². The van der Waals surface area contributed by atoms with E-state index in [2.05, 4.69) is 5.32 Å². The second kappa shape index (κ2) is 8.45. The molecule has 1 aliphatic carbocycles. The van der Waals surface area contributed by atoms with Crippen molar-refractivity contribution in [2.75, 3.05) is 0 Å². The van der Waals surface area contributed by atoms with Crippen LogP contribution in [-0.4, -0.2) is 39.3 Å². The third-order valence-electron chi connectivity index (χ3n) is 6.25. The van der Waals surface area contributed by atoms with Crippen molar-refractivity contribution in [1.29, 1.82) is 0 Å². The molecule has 8 heteroatoms. The molecule has 1 aromatic heterocycles. The number of nitrogens with one attached hydrogen (secondary N) is 1. The number of hydrogen-bond acceptors (Lipinski definition) is 4. The molecule has 0 spiro atoms. The maximum Gasteiger partial charge on any atom is 0.331 e. The number of aryl methyl sites for hydroxylation is 1. The van der Waals surface area contributed by atoms with Crippen LogP contribution in [0.3, 0.4) is 0 Å². The first-order valence-electron chi connectivity index (χ1n) is 10.8. The normalized spacial score (nSPS) is 18.9. The highest BCUT2D eigenvalue weighted by Crippen LogP contribution is 2.28. The van der Waals surface area contributed by atoms with Crippen molar-refractivity contribution in [3.05, 3.63) is 58.4 Å². The zero-order valence-corrected chi connectivity index (χ0v) is 18.2. The second-order valence-corrected chi connectivity index (χ2v) is 8.36. The van der Waals surface area contributed by atoms with E-state index in [0.29, 0.717) is 11.1 Å². The summed E-state index contributed by atoms with van der Waals surface area (Å²) < 4.78 is 1.96. The summed E-state index contributed by atoms with van der Waals surface area (Å²) in [6.07, 6.45) is 6.09. The molecule has 166 valence electrons. The van der Waals surface area contributed by atoms with Gasteiger partial charge < -0.3 is 10.3 Å². The first-order valence-corrected chi connectivity index (χ1v) is 10.8. The minimum Gasteiger partial charge on any atom is -0.366 e. The van der Waals surface area contributed by atoms with Crippen LogP contribution in [0.5, 0.6) is 0 Å². The lowest BCUT2D eigenvalue weighted by atomic mass is 9.93. The van der Waals surface area contributed by atoms with Gasteiger partial charge in [0, 0.05) is 28.7 Å². The van der Waals surface area contributed by atoms with Gasteiger partial charge in [0.15, 0.2) is 0 Å². The van der Waals surface area contributed by atoms with Crippen LogP contribution in [0.25, 0.3) is 11.8 Å². The van der Waals surface area contributed by atoms with Crippen LogP contribution < -0.4 is 11.1 Å². The van der Waals surface area contributed by atoms with Gasteiger partial charge in [-0.2, -0.15) is 0 Å². The van der Waals surface area contributed by atoms with Crippen molar-refractivity contribution in [1.82, 2.24) is 14.8 Å². The molecule has 2 aliphatic rings. The van der Waals surface area contributed by atoms with Crippen LogP contribution in [0.1, 0.15) is 59.4 Å². The van der Waals surface area contributed by atoms with Crippen molar-refractivity contribution in [3.63, 3.8) is 0 Å². The predicted octanol–water partition coefficient (Wildman–Crippen LogP) is 2.99. The van der Waals surface area contributed by atoms with Gasteiger partial charge in [-0.3, -0.25) is 24.6 Å². The molecule has 1 aliphatic heterocycles. The van der Waals surface area contributed by atoms with Gasteiger partial charge in [-0.25, -0.2) is 4.79 Å². The molecule has 2 fully saturated rings. The quantitative estimate of drug-likeness (QED) is 0.569. The Hall–Kier alpha value is -3.68. The minimum atomic E-state index is -0.678. The molecule has 1 saturated carbocycles. The lowest BCUT2D eigenvalue weighted by molar-refractivity contribution is -0.132. The first-order chi connectivity index (χ1) is 15.3. The first kappa shape index (κ1) is 21.5. The number of rotatable bonds is 4. The lowest BCUT2D eigenvalue weighted by Gasteiger charge is -2.35. The average Bonchev–Trinajstić information content (AvgIpc) is 3.04. The summed E-state index contributed by atoms with van der Waals surface area (Å²) >= 11 is 0. The molecule has 0 bridgehead atoms. The molecule has 4 rings (SSSR count). The molecule has 1 saturated heterocycles. The summed E-state index contributed by atoms with van der Waals surface area (Å²) in [6, 6.07) is 7.96. The van der Waals surface area contributed by atoms with Crippen LogP contribution in [0.15, 0.2) is 35.9 Å². The minimum absolute atomic E-state index is 0.0421. The molecule has 3 N–H and O–H groups in total. The van der Waals surface area contributed by atoms with Gasteiger partial charge in [0.1, 0.15) is 5.57 Å². The summed E-state index contributed by atoms with van der Waals surface area (Å²) in [7, 11) is 0. The number of benzene rings is 1. The molecule has 5 amide bonds. The maximum absolute atomic E-state index is 13.1. The molecule has 0 unspecified atom stereocenters. The Morgan fingerprint density at radius 3 is 2.34 bits per heavy atom. The van der Waals surface area contributed by atoms with Crippen molar-refractivity contribution in [3.8, 4) is 5.69 Å². The van der Waals surface area contributed by atoms with E-state index in [1.54, 1.807) is 30.3 Å². The number of amides is 5.